The topological polar surface area (TPSA) is 99.0 Å². The molecule has 1 heterocycles. The molecule has 0 atom stereocenters. The van der Waals surface area contributed by atoms with E-state index < -0.39 is 16.1 Å². The summed E-state index contributed by atoms with van der Waals surface area (Å²) in [5, 5.41) is 10.5. The fraction of sp³-hybridized carbons (Fsp3) is 0.143. The molecule has 1 saturated heterocycles. The average Bonchev–Trinajstić information content (AvgIpc) is 3.00. The molecule has 152 valence electrons. The van der Waals surface area contributed by atoms with Crippen LogP contribution in [0, 0.1) is 22.5 Å². The standard InChI is InChI=1S/C21H16N2O6S/c1-3-9-29-17-8-7-14(11-18(17)28-2)12-19-20(24)22(21(25)30-19)13-15-5-4-6-16(10-15)23(26)27/h1,4-8,10-12H,9,13H2,2H3/b19-12+. The minimum atomic E-state index is -0.526. The molecule has 0 radical (unpaired) electrons. The van der Waals surface area contributed by atoms with Crippen LogP contribution in [-0.4, -0.2) is 34.7 Å². The molecule has 0 saturated carbocycles. The number of nitro benzene ring substituents is 1. The van der Waals surface area contributed by atoms with Crippen LogP contribution in [-0.2, 0) is 11.3 Å². The van der Waals surface area contributed by atoms with E-state index in [2.05, 4.69) is 5.92 Å². The number of carbonyl (C=O) groups excluding carboxylic acids is 2. The van der Waals surface area contributed by atoms with Crippen molar-refractivity contribution < 1.29 is 24.0 Å². The molecule has 9 heteroatoms. The highest BCUT2D eigenvalue weighted by atomic mass is 32.2. The summed E-state index contributed by atoms with van der Waals surface area (Å²) in [4.78, 5) is 36.7. The van der Waals surface area contributed by atoms with Gasteiger partial charge in [-0.15, -0.1) is 6.42 Å². The zero-order valence-corrected chi connectivity index (χ0v) is 16.7. The summed E-state index contributed by atoms with van der Waals surface area (Å²) in [5.41, 5.74) is 1.03. The highest BCUT2D eigenvalue weighted by Crippen LogP contribution is 2.35. The van der Waals surface area contributed by atoms with Gasteiger partial charge in [-0.2, -0.15) is 0 Å². The number of amides is 2. The Balaban J connectivity index is 1.80. The maximum absolute atomic E-state index is 12.7. The van der Waals surface area contributed by atoms with Crippen molar-refractivity contribution in [1.29, 1.82) is 0 Å². The number of carbonyl (C=O) groups is 2. The first-order valence-electron chi connectivity index (χ1n) is 8.66. The fourth-order valence-electron chi connectivity index (χ4n) is 2.75. The zero-order chi connectivity index (χ0) is 21.7. The highest BCUT2D eigenvalue weighted by Gasteiger charge is 2.35. The smallest absolute Gasteiger partial charge is 0.293 e. The first kappa shape index (κ1) is 21.0. The Labute approximate surface area is 176 Å². The predicted molar refractivity (Wildman–Crippen MR) is 112 cm³/mol. The SMILES string of the molecule is C#CCOc1ccc(/C=C2/SC(=O)N(Cc3cccc([N+](=O)[O-])c3)C2=O)cc1OC. The largest absolute Gasteiger partial charge is 0.493 e. The number of methoxy groups -OCH3 is 1. The number of ether oxygens (including phenoxy) is 2. The maximum Gasteiger partial charge on any atom is 0.293 e. The molecule has 0 unspecified atom stereocenters. The summed E-state index contributed by atoms with van der Waals surface area (Å²) >= 11 is 0.804. The summed E-state index contributed by atoms with van der Waals surface area (Å²) < 4.78 is 10.7. The van der Waals surface area contributed by atoms with Crippen LogP contribution in [0.15, 0.2) is 47.4 Å². The monoisotopic (exact) mass is 424 g/mol. The van der Waals surface area contributed by atoms with Gasteiger partial charge in [-0.3, -0.25) is 24.6 Å². The molecule has 1 aliphatic rings. The number of nitro groups is 1. The van der Waals surface area contributed by atoms with E-state index in [9.17, 15) is 19.7 Å². The summed E-state index contributed by atoms with van der Waals surface area (Å²) in [6, 6.07) is 10.9. The van der Waals surface area contributed by atoms with Crippen LogP contribution in [0.2, 0.25) is 0 Å². The molecule has 1 aliphatic heterocycles. The van der Waals surface area contributed by atoms with E-state index in [0.29, 0.717) is 22.6 Å². The van der Waals surface area contributed by atoms with Crippen molar-refractivity contribution in [2.24, 2.45) is 0 Å². The Bertz CT molecular complexity index is 1090. The van der Waals surface area contributed by atoms with E-state index in [0.717, 1.165) is 16.7 Å². The Kier molecular flexibility index (Phi) is 6.39. The molecular formula is C21H16N2O6S. The van der Waals surface area contributed by atoms with Gasteiger partial charge in [-0.25, -0.2) is 0 Å². The molecule has 0 aromatic heterocycles. The molecule has 30 heavy (non-hydrogen) atoms. The van der Waals surface area contributed by atoms with E-state index in [4.69, 9.17) is 15.9 Å². The Morgan fingerprint density at radius 1 is 1.23 bits per heavy atom. The number of imide groups is 1. The summed E-state index contributed by atoms with van der Waals surface area (Å²) in [6.45, 7) is 0.0398. The maximum atomic E-state index is 12.7. The fourth-order valence-corrected chi connectivity index (χ4v) is 3.59. The number of terminal acetylenes is 1. The number of nitrogens with zero attached hydrogens (tertiary/aromatic N) is 2. The number of hydrogen-bond acceptors (Lipinski definition) is 7. The van der Waals surface area contributed by atoms with Crippen molar-refractivity contribution in [3.05, 3.63) is 68.6 Å². The normalized spacial score (nSPS) is 14.7. The minimum Gasteiger partial charge on any atom is -0.493 e. The van der Waals surface area contributed by atoms with Crippen molar-refractivity contribution in [3.8, 4) is 23.8 Å². The van der Waals surface area contributed by atoms with Crippen LogP contribution in [0.4, 0.5) is 10.5 Å². The Morgan fingerprint density at radius 2 is 2.03 bits per heavy atom. The van der Waals surface area contributed by atoms with E-state index in [1.807, 2.05) is 0 Å². The van der Waals surface area contributed by atoms with Crippen LogP contribution in [0.3, 0.4) is 0 Å². The van der Waals surface area contributed by atoms with Crippen LogP contribution in [0.5, 0.6) is 11.5 Å². The molecule has 2 aromatic carbocycles. The summed E-state index contributed by atoms with van der Waals surface area (Å²) in [6.07, 6.45) is 6.77. The van der Waals surface area contributed by atoms with E-state index in [1.165, 1.54) is 25.3 Å². The first-order chi connectivity index (χ1) is 14.4. The second kappa shape index (κ2) is 9.15. The third-order valence-corrected chi connectivity index (χ3v) is 5.04. The predicted octanol–water partition coefficient (Wildman–Crippen LogP) is 3.85. The second-order valence-electron chi connectivity index (χ2n) is 6.10. The molecule has 2 aromatic rings. The van der Waals surface area contributed by atoms with Crippen molar-refractivity contribution in [2.75, 3.05) is 13.7 Å². The molecule has 2 amide bonds. The summed E-state index contributed by atoms with van der Waals surface area (Å²) in [7, 11) is 1.48. The van der Waals surface area contributed by atoms with Crippen LogP contribution in [0.1, 0.15) is 11.1 Å². The van der Waals surface area contributed by atoms with Gasteiger partial charge in [-0.05, 0) is 41.1 Å². The van der Waals surface area contributed by atoms with Crippen molar-refractivity contribution in [3.63, 3.8) is 0 Å². The number of thioether (sulfide) groups is 1. The number of hydrogen-bond donors (Lipinski definition) is 0. The van der Waals surface area contributed by atoms with Gasteiger partial charge in [0.1, 0.15) is 6.61 Å². The zero-order valence-electron chi connectivity index (χ0n) is 15.9. The van der Waals surface area contributed by atoms with Crippen LogP contribution >= 0.6 is 11.8 Å². The molecule has 0 bridgehead atoms. The third kappa shape index (κ3) is 4.61. The molecule has 1 fully saturated rings. The lowest BCUT2D eigenvalue weighted by molar-refractivity contribution is -0.384. The van der Waals surface area contributed by atoms with Gasteiger partial charge in [0.05, 0.1) is 23.5 Å². The van der Waals surface area contributed by atoms with Gasteiger partial charge in [0.25, 0.3) is 16.8 Å². The van der Waals surface area contributed by atoms with Crippen LogP contribution < -0.4 is 9.47 Å². The highest BCUT2D eigenvalue weighted by molar-refractivity contribution is 8.18. The van der Waals surface area contributed by atoms with Gasteiger partial charge in [0.2, 0.25) is 0 Å². The lowest BCUT2D eigenvalue weighted by Crippen LogP contribution is -2.27. The lowest BCUT2D eigenvalue weighted by atomic mass is 10.1. The van der Waals surface area contributed by atoms with E-state index in [1.54, 1.807) is 30.3 Å². The average molecular weight is 424 g/mol. The first-order valence-corrected chi connectivity index (χ1v) is 9.47. The third-order valence-electron chi connectivity index (χ3n) is 4.13. The van der Waals surface area contributed by atoms with Gasteiger partial charge in [-0.1, -0.05) is 24.1 Å². The minimum absolute atomic E-state index is 0.0497. The number of benzene rings is 2. The Hall–Kier alpha value is -3.77. The van der Waals surface area contributed by atoms with Gasteiger partial charge >= 0.3 is 0 Å². The molecule has 0 spiro atoms. The number of rotatable bonds is 7. The van der Waals surface area contributed by atoms with E-state index >= 15 is 0 Å². The van der Waals surface area contributed by atoms with Crippen molar-refractivity contribution in [2.45, 2.75) is 6.54 Å². The molecule has 0 aliphatic carbocycles. The van der Waals surface area contributed by atoms with Crippen molar-refractivity contribution >= 4 is 34.7 Å². The van der Waals surface area contributed by atoms with Gasteiger partial charge < -0.3 is 9.47 Å². The van der Waals surface area contributed by atoms with Crippen LogP contribution in [0.25, 0.3) is 6.08 Å². The quantitative estimate of drug-likeness (QED) is 0.288. The Morgan fingerprint density at radius 3 is 2.73 bits per heavy atom. The molecule has 8 nitrogen and oxygen atoms in total. The molecular weight excluding hydrogens is 408 g/mol. The molecule has 0 N–H and O–H groups in total. The molecule has 3 rings (SSSR count). The van der Waals surface area contributed by atoms with E-state index in [-0.39, 0.29) is 23.7 Å². The van der Waals surface area contributed by atoms with Gasteiger partial charge in [0, 0.05) is 12.1 Å². The number of non-ortho nitro benzene ring substituents is 1. The second-order valence-corrected chi connectivity index (χ2v) is 7.09. The van der Waals surface area contributed by atoms with Gasteiger partial charge in [0.15, 0.2) is 11.5 Å². The lowest BCUT2D eigenvalue weighted by Gasteiger charge is -2.12. The summed E-state index contributed by atoms with van der Waals surface area (Å²) in [5.74, 6) is 2.80. The van der Waals surface area contributed by atoms with Crippen molar-refractivity contribution in [1.82, 2.24) is 4.90 Å².